The van der Waals surface area contributed by atoms with Gasteiger partial charge in [-0.2, -0.15) is 0 Å². The minimum Gasteiger partial charge on any atom is -0.494 e. The van der Waals surface area contributed by atoms with Crippen LogP contribution in [0.5, 0.6) is 5.75 Å². The zero-order valence-electron chi connectivity index (χ0n) is 8.75. The molecule has 2 rings (SSSR count). The topological polar surface area (TPSA) is 52.1 Å². The van der Waals surface area contributed by atoms with Crippen LogP contribution in [0.3, 0.4) is 0 Å². The number of ketones is 1. The second kappa shape index (κ2) is 4.53. The number of methoxy groups -OCH3 is 1. The van der Waals surface area contributed by atoms with Gasteiger partial charge in [-0.05, 0) is 24.3 Å². The maximum atomic E-state index is 12.0. The van der Waals surface area contributed by atoms with Crippen molar-refractivity contribution in [3.63, 3.8) is 0 Å². The third-order valence-electron chi connectivity index (χ3n) is 2.10. The molecule has 0 saturated carbocycles. The summed E-state index contributed by atoms with van der Waals surface area (Å²) in [5.41, 5.74) is 0.642. The van der Waals surface area contributed by atoms with Crippen molar-refractivity contribution >= 4 is 5.78 Å². The fourth-order valence-electron chi connectivity index (χ4n) is 1.34. The van der Waals surface area contributed by atoms with E-state index in [0.29, 0.717) is 11.4 Å². The van der Waals surface area contributed by atoms with Crippen LogP contribution in [0.15, 0.2) is 42.7 Å². The second-order valence-corrected chi connectivity index (χ2v) is 3.10. The Morgan fingerprint density at radius 2 is 1.94 bits per heavy atom. The number of nitrogens with zero attached hydrogens (tertiary/aromatic N) is 2. The Balaban J connectivity index is 2.42. The molecule has 0 bridgehead atoms. The van der Waals surface area contributed by atoms with E-state index in [2.05, 4.69) is 9.97 Å². The summed E-state index contributed by atoms with van der Waals surface area (Å²) < 4.78 is 5.08. The van der Waals surface area contributed by atoms with Gasteiger partial charge in [0, 0.05) is 12.4 Å². The van der Waals surface area contributed by atoms with Gasteiger partial charge in [0.25, 0.3) is 0 Å². The first-order valence-corrected chi connectivity index (χ1v) is 4.77. The number of rotatable bonds is 3. The van der Waals surface area contributed by atoms with Crippen molar-refractivity contribution in [2.24, 2.45) is 0 Å². The Kier molecular flexibility index (Phi) is 2.91. The van der Waals surface area contributed by atoms with Gasteiger partial charge in [-0.3, -0.25) is 9.78 Å². The highest BCUT2D eigenvalue weighted by Gasteiger charge is 2.15. The van der Waals surface area contributed by atoms with E-state index in [1.54, 1.807) is 42.7 Å². The van der Waals surface area contributed by atoms with Crippen LogP contribution in [0.4, 0.5) is 0 Å². The van der Waals surface area contributed by atoms with Crippen LogP contribution in [-0.2, 0) is 0 Å². The normalized spacial score (nSPS) is 9.81. The third-order valence-corrected chi connectivity index (χ3v) is 2.10. The highest BCUT2D eigenvalue weighted by Crippen LogP contribution is 2.17. The largest absolute Gasteiger partial charge is 0.494 e. The number of hydrogen-bond donors (Lipinski definition) is 0. The summed E-state index contributed by atoms with van der Waals surface area (Å²) in [7, 11) is 1.51. The summed E-state index contributed by atoms with van der Waals surface area (Å²) in [6.45, 7) is 0. The molecule has 4 heteroatoms. The molecule has 2 heterocycles. The van der Waals surface area contributed by atoms with E-state index < -0.39 is 0 Å². The number of ether oxygens (including phenoxy) is 1. The van der Waals surface area contributed by atoms with Crippen molar-refractivity contribution in [3.05, 3.63) is 54.1 Å². The summed E-state index contributed by atoms with van der Waals surface area (Å²) in [5, 5.41) is 0. The van der Waals surface area contributed by atoms with Gasteiger partial charge in [-0.15, -0.1) is 0 Å². The minimum absolute atomic E-state index is 0.238. The quantitative estimate of drug-likeness (QED) is 0.730. The van der Waals surface area contributed by atoms with E-state index in [4.69, 9.17) is 4.74 Å². The van der Waals surface area contributed by atoms with E-state index in [1.807, 2.05) is 0 Å². The molecule has 0 aliphatic rings. The van der Waals surface area contributed by atoms with Crippen molar-refractivity contribution in [1.82, 2.24) is 9.97 Å². The van der Waals surface area contributed by atoms with Gasteiger partial charge < -0.3 is 4.74 Å². The molecule has 0 aliphatic carbocycles. The summed E-state index contributed by atoms with van der Waals surface area (Å²) >= 11 is 0. The van der Waals surface area contributed by atoms with Gasteiger partial charge >= 0.3 is 0 Å². The fourth-order valence-corrected chi connectivity index (χ4v) is 1.34. The first kappa shape index (κ1) is 10.3. The van der Waals surface area contributed by atoms with Gasteiger partial charge in [-0.1, -0.05) is 6.07 Å². The van der Waals surface area contributed by atoms with Crippen LogP contribution in [0.25, 0.3) is 0 Å². The van der Waals surface area contributed by atoms with E-state index in [1.165, 1.54) is 7.11 Å². The maximum Gasteiger partial charge on any atom is 0.233 e. The van der Waals surface area contributed by atoms with Crippen LogP contribution in [0.1, 0.15) is 16.2 Å². The Bertz CT molecular complexity index is 497. The molecule has 0 aromatic carbocycles. The molecule has 0 saturated heterocycles. The average Bonchev–Trinajstić information content (AvgIpc) is 2.39. The van der Waals surface area contributed by atoms with Crippen LogP contribution < -0.4 is 4.74 Å². The first-order valence-electron chi connectivity index (χ1n) is 4.77. The smallest absolute Gasteiger partial charge is 0.233 e. The molecular weight excluding hydrogens is 204 g/mol. The summed E-state index contributed by atoms with van der Waals surface area (Å²) in [6.07, 6.45) is 3.13. The molecular formula is C12H10N2O2. The fraction of sp³-hybridized carbons (Fsp3) is 0.0833. The molecule has 2 aromatic heterocycles. The molecule has 0 amide bonds. The van der Waals surface area contributed by atoms with E-state index in [9.17, 15) is 4.79 Å². The predicted molar refractivity (Wildman–Crippen MR) is 58.5 cm³/mol. The van der Waals surface area contributed by atoms with Gasteiger partial charge in [0.05, 0.1) is 7.11 Å². The van der Waals surface area contributed by atoms with Crippen molar-refractivity contribution in [2.75, 3.05) is 7.11 Å². The van der Waals surface area contributed by atoms with Gasteiger partial charge in [0.2, 0.25) is 5.78 Å². The zero-order valence-corrected chi connectivity index (χ0v) is 8.75. The average molecular weight is 214 g/mol. The van der Waals surface area contributed by atoms with E-state index in [0.717, 1.165) is 0 Å². The Hall–Kier alpha value is -2.23. The number of aromatic nitrogens is 2. The summed E-state index contributed by atoms with van der Waals surface area (Å²) in [6, 6.07) is 8.58. The predicted octanol–water partition coefficient (Wildman–Crippen LogP) is 1.72. The molecule has 2 aromatic rings. The Morgan fingerprint density at radius 1 is 1.12 bits per heavy atom. The molecule has 4 nitrogen and oxygen atoms in total. The number of hydrogen-bond acceptors (Lipinski definition) is 4. The molecule has 0 spiro atoms. The van der Waals surface area contributed by atoms with Crippen molar-refractivity contribution in [2.45, 2.75) is 0 Å². The third kappa shape index (κ3) is 1.91. The number of carbonyl (C=O) groups is 1. The van der Waals surface area contributed by atoms with Crippen molar-refractivity contribution in [3.8, 4) is 5.75 Å². The van der Waals surface area contributed by atoms with E-state index in [-0.39, 0.29) is 11.5 Å². The lowest BCUT2D eigenvalue weighted by atomic mass is 10.1. The monoisotopic (exact) mass is 214 g/mol. The van der Waals surface area contributed by atoms with Crippen molar-refractivity contribution < 1.29 is 9.53 Å². The second-order valence-electron chi connectivity index (χ2n) is 3.10. The molecule has 16 heavy (non-hydrogen) atoms. The lowest BCUT2D eigenvalue weighted by molar-refractivity contribution is 0.102. The van der Waals surface area contributed by atoms with Crippen LogP contribution in [0, 0.1) is 0 Å². The van der Waals surface area contributed by atoms with Gasteiger partial charge in [0.1, 0.15) is 11.4 Å². The Morgan fingerprint density at radius 3 is 2.62 bits per heavy atom. The summed E-state index contributed by atoms with van der Waals surface area (Å²) in [4.78, 5) is 20.0. The zero-order chi connectivity index (χ0) is 11.4. The maximum absolute atomic E-state index is 12.0. The molecule has 0 radical (unpaired) electrons. The minimum atomic E-state index is -0.238. The molecule has 0 N–H and O–H groups in total. The van der Waals surface area contributed by atoms with E-state index >= 15 is 0 Å². The number of pyridine rings is 2. The highest BCUT2D eigenvalue weighted by molar-refractivity contribution is 6.07. The number of carbonyl (C=O) groups excluding carboxylic acids is 1. The van der Waals surface area contributed by atoms with Crippen LogP contribution >= 0.6 is 0 Å². The standard InChI is InChI=1S/C12H10N2O2/c1-16-10-6-4-8-14-11(10)12(15)9-5-2-3-7-13-9/h2-8H,1H3. The lowest BCUT2D eigenvalue weighted by Crippen LogP contribution is -2.07. The first-order chi connectivity index (χ1) is 7.83. The van der Waals surface area contributed by atoms with Crippen LogP contribution in [0.2, 0.25) is 0 Å². The molecule has 0 aliphatic heterocycles. The molecule has 0 fully saturated rings. The Labute approximate surface area is 92.9 Å². The summed E-state index contributed by atoms with van der Waals surface area (Å²) in [5.74, 6) is 0.219. The van der Waals surface area contributed by atoms with Crippen LogP contribution in [-0.4, -0.2) is 22.9 Å². The molecule has 80 valence electrons. The van der Waals surface area contributed by atoms with Crippen molar-refractivity contribution in [1.29, 1.82) is 0 Å². The molecule has 0 atom stereocenters. The highest BCUT2D eigenvalue weighted by atomic mass is 16.5. The van der Waals surface area contributed by atoms with Gasteiger partial charge in [0.15, 0.2) is 5.69 Å². The lowest BCUT2D eigenvalue weighted by Gasteiger charge is -2.04. The molecule has 0 unspecified atom stereocenters. The van der Waals surface area contributed by atoms with Gasteiger partial charge in [-0.25, -0.2) is 4.98 Å². The SMILES string of the molecule is COc1cccnc1C(=O)c1ccccn1.